The zero-order valence-corrected chi connectivity index (χ0v) is 15.3. The molecular formula is C17H18N2O4S2. The Morgan fingerprint density at radius 3 is 2.56 bits per heavy atom. The number of aromatic nitrogens is 1. The number of nitrogens with one attached hydrogen (secondary N) is 1. The van der Waals surface area contributed by atoms with E-state index in [0.717, 1.165) is 24.2 Å². The van der Waals surface area contributed by atoms with Crippen LogP contribution in [0.15, 0.2) is 47.5 Å². The summed E-state index contributed by atoms with van der Waals surface area (Å²) in [5.74, 6) is 2.26. The summed E-state index contributed by atoms with van der Waals surface area (Å²) in [6.45, 7) is 0. The highest BCUT2D eigenvalue weighted by Crippen LogP contribution is 2.22. The van der Waals surface area contributed by atoms with Gasteiger partial charge in [-0.15, -0.1) is 0 Å². The summed E-state index contributed by atoms with van der Waals surface area (Å²) in [5, 5.41) is 2.71. The second kappa shape index (κ2) is 7.45. The van der Waals surface area contributed by atoms with Crippen LogP contribution in [0.1, 0.15) is 16.8 Å². The molecule has 8 heteroatoms. The summed E-state index contributed by atoms with van der Waals surface area (Å²) in [4.78, 5) is 16.6. The minimum absolute atomic E-state index is 0.186. The van der Waals surface area contributed by atoms with Crippen molar-refractivity contribution in [1.29, 1.82) is 0 Å². The van der Waals surface area contributed by atoms with E-state index in [1.165, 1.54) is 18.3 Å². The lowest BCUT2D eigenvalue weighted by Gasteiger charge is -2.11. The first-order valence-electron chi connectivity index (χ1n) is 7.74. The van der Waals surface area contributed by atoms with E-state index in [-0.39, 0.29) is 16.9 Å². The standard InChI is InChI=1S/C17H18N2O4S2/c1-25(21,22)15-5-3-13(4-6-15)19-17(20)12-2-7-16(18-10-12)23-14-8-9-24-11-14/h2-7,10,14H,8-9,11H2,1H3,(H,19,20)/t14-/m0/s1. The van der Waals surface area contributed by atoms with Crippen LogP contribution in [0.25, 0.3) is 0 Å². The van der Waals surface area contributed by atoms with Gasteiger partial charge < -0.3 is 10.1 Å². The zero-order valence-electron chi connectivity index (χ0n) is 13.6. The molecule has 1 atom stereocenters. The summed E-state index contributed by atoms with van der Waals surface area (Å²) in [6, 6.07) is 9.36. The van der Waals surface area contributed by atoms with Crippen LogP contribution in [0.4, 0.5) is 5.69 Å². The van der Waals surface area contributed by atoms with Crippen LogP contribution >= 0.6 is 11.8 Å². The normalized spacial score (nSPS) is 17.2. The third-order valence-electron chi connectivity index (χ3n) is 3.71. The van der Waals surface area contributed by atoms with Crippen LogP contribution < -0.4 is 10.1 Å². The topological polar surface area (TPSA) is 85.4 Å². The third-order valence-corrected chi connectivity index (χ3v) is 5.97. The third kappa shape index (κ3) is 4.73. The van der Waals surface area contributed by atoms with E-state index in [0.29, 0.717) is 17.1 Å². The second-order valence-electron chi connectivity index (χ2n) is 5.74. The number of hydrogen-bond donors (Lipinski definition) is 1. The Bertz CT molecular complexity index is 843. The summed E-state index contributed by atoms with van der Waals surface area (Å²) in [5.41, 5.74) is 0.918. The van der Waals surface area contributed by atoms with E-state index in [9.17, 15) is 13.2 Å². The fourth-order valence-corrected chi connectivity index (χ4v) is 4.07. The van der Waals surface area contributed by atoms with Crippen LogP contribution in [0, 0.1) is 0 Å². The number of nitrogens with zero attached hydrogens (tertiary/aromatic N) is 1. The van der Waals surface area contributed by atoms with Crippen molar-refractivity contribution in [3.63, 3.8) is 0 Å². The summed E-state index contributed by atoms with van der Waals surface area (Å²) in [7, 11) is -3.25. The molecule has 132 valence electrons. The molecular weight excluding hydrogens is 360 g/mol. The number of anilines is 1. The molecule has 25 heavy (non-hydrogen) atoms. The molecule has 0 radical (unpaired) electrons. The van der Waals surface area contributed by atoms with E-state index in [4.69, 9.17) is 4.74 Å². The number of hydrogen-bond acceptors (Lipinski definition) is 6. The Morgan fingerprint density at radius 1 is 1.24 bits per heavy atom. The molecule has 2 heterocycles. The van der Waals surface area contributed by atoms with Gasteiger partial charge >= 0.3 is 0 Å². The molecule has 1 aromatic carbocycles. The Hall–Kier alpha value is -2.06. The zero-order chi connectivity index (χ0) is 17.9. The predicted octanol–water partition coefficient (Wildman–Crippen LogP) is 2.62. The smallest absolute Gasteiger partial charge is 0.257 e. The molecule has 0 aliphatic carbocycles. The van der Waals surface area contributed by atoms with E-state index in [2.05, 4.69) is 10.3 Å². The molecule has 0 spiro atoms. The van der Waals surface area contributed by atoms with Gasteiger partial charge in [-0.3, -0.25) is 4.79 Å². The van der Waals surface area contributed by atoms with Crippen molar-refractivity contribution >= 4 is 33.2 Å². The van der Waals surface area contributed by atoms with E-state index in [1.807, 2.05) is 11.8 Å². The van der Waals surface area contributed by atoms with Gasteiger partial charge in [0.05, 0.1) is 10.5 Å². The number of carbonyl (C=O) groups excluding carboxylic acids is 1. The molecule has 1 saturated heterocycles. The van der Waals surface area contributed by atoms with Crippen LogP contribution in [0.2, 0.25) is 0 Å². The Kier molecular flexibility index (Phi) is 5.29. The Balaban J connectivity index is 1.62. The molecule has 1 N–H and O–H groups in total. The van der Waals surface area contributed by atoms with Crippen LogP contribution in [0.3, 0.4) is 0 Å². The number of benzene rings is 1. The van der Waals surface area contributed by atoms with Gasteiger partial charge in [0.2, 0.25) is 5.88 Å². The van der Waals surface area contributed by atoms with Crippen molar-refractivity contribution in [3.05, 3.63) is 48.2 Å². The predicted molar refractivity (Wildman–Crippen MR) is 98.1 cm³/mol. The highest BCUT2D eigenvalue weighted by Gasteiger charge is 2.17. The fraction of sp³-hybridized carbons (Fsp3) is 0.294. The van der Waals surface area contributed by atoms with Crippen LogP contribution in [-0.4, -0.2) is 43.2 Å². The van der Waals surface area contributed by atoms with Gasteiger partial charge in [-0.2, -0.15) is 11.8 Å². The molecule has 1 amide bonds. The Labute approximate surface area is 150 Å². The maximum Gasteiger partial charge on any atom is 0.257 e. The van der Waals surface area contributed by atoms with Gasteiger partial charge in [-0.25, -0.2) is 13.4 Å². The molecule has 0 unspecified atom stereocenters. The van der Waals surface area contributed by atoms with Crippen LogP contribution in [0.5, 0.6) is 5.88 Å². The summed E-state index contributed by atoms with van der Waals surface area (Å²) >= 11 is 1.86. The van der Waals surface area contributed by atoms with Gasteiger partial charge in [0.15, 0.2) is 9.84 Å². The van der Waals surface area contributed by atoms with Crippen molar-refractivity contribution in [1.82, 2.24) is 4.98 Å². The SMILES string of the molecule is CS(=O)(=O)c1ccc(NC(=O)c2ccc(O[C@H]3CCSC3)nc2)cc1. The fourth-order valence-electron chi connectivity index (χ4n) is 2.35. The first-order valence-corrected chi connectivity index (χ1v) is 10.8. The second-order valence-corrected chi connectivity index (χ2v) is 8.90. The van der Waals surface area contributed by atoms with Crippen molar-refractivity contribution < 1.29 is 17.9 Å². The minimum atomic E-state index is -3.25. The molecule has 3 rings (SSSR count). The van der Waals surface area contributed by atoms with Crippen molar-refractivity contribution in [3.8, 4) is 5.88 Å². The number of sulfone groups is 1. The highest BCUT2D eigenvalue weighted by atomic mass is 32.2. The van der Waals surface area contributed by atoms with E-state index >= 15 is 0 Å². The highest BCUT2D eigenvalue weighted by molar-refractivity contribution is 7.99. The maximum atomic E-state index is 12.2. The monoisotopic (exact) mass is 378 g/mol. The van der Waals surface area contributed by atoms with Gasteiger partial charge in [0.1, 0.15) is 6.10 Å². The lowest BCUT2D eigenvalue weighted by atomic mass is 10.2. The molecule has 6 nitrogen and oxygen atoms in total. The molecule has 1 aliphatic rings. The van der Waals surface area contributed by atoms with Gasteiger partial charge in [0, 0.05) is 30.0 Å². The summed E-state index contributed by atoms with van der Waals surface area (Å²) in [6.07, 6.45) is 3.81. The average molecular weight is 378 g/mol. The number of thioether (sulfide) groups is 1. The number of carbonyl (C=O) groups is 1. The number of pyridine rings is 1. The van der Waals surface area contributed by atoms with Gasteiger partial charge in [-0.05, 0) is 42.5 Å². The first-order chi connectivity index (χ1) is 11.9. The van der Waals surface area contributed by atoms with E-state index < -0.39 is 9.84 Å². The first kappa shape index (κ1) is 17.8. The van der Waals surface area contributed by atoms with E-state index in [1.54, 1.807) is 24.3 Å². The number of rotatable bonds is 5. The summed E-state index contributed by atoms with van der Waals surface area (Å²) < 4.78 is 28.6. The largest absolute Gasteiger partial charge is 0.473 e. The number of ether oxygens (including phenoxy) is 1. The van der Waals surface area contributed by atoms with Crippen molar-refractivity contribution in [2.75, 3.05) is 23.1 Å². The molecule has 0 saturated carbocycles. The average Bonchev–Trinajstić information content (AvgIpc) is 3.08. The lowest BCUT2D eigenvalue weighted by molar-refractivity contribution is 0.102. The molecule has 1 aromatic heterocycles. The minimum Gasteiger partial charge on any atom is -0.473 e. The van der Waals surface area contributed by atoms with Crippen molar-refractivity contribution in [2.24, 2.45) is 0 Å². The van der Waals surface area contributed by atoms with Crippen LogP contribution in [-0.2, 0) is 9.84 Å². The quantitative estimate of drug-likeness (QED) is 0.861. The van der Waals surface area contributed by atoms with Gasteiger partial charge in [0.25, 0.3) is 5.91 Å². The van der Waals surface area contributed by atoms with Crippen molar-refractivity contribution in [2.45, 2.75) is 17.4 Å². The molecule has 2 aromatic rings. The molecule has 0 bridgehead atoms. The Morgan fingerprint density at radius 2 is 2.00 bits per heavy atom. The van der Waals surface area contributed by atoms with Gasteiger partial charge in [-0.1, -0.05) is 0 Å². The maximum absolute atomic E-state index is 12.2. The molecule has 1 fully saturated rings. The molecule has 1 aliphatic heterocycles. The lowest BCUT2D eigenvalue weighted by Crippen LogP contribution is -2.16. The number of amides is 1.